The second-order valence-corrected chi connectivity index (χ2v) is 24.0. The van der Waals surface area contributed by atoms with Gasteiger partial charge in [-0.3, -0.25) is 33.6 Å². The van der Waals surface area contributed by atoms with E-state index >= 15 is 9.18 Å². The highest BCUT2D eigenvalue weighted by molar-refractivity contribution is 6.02. The van der Waals surface area contributed by atoms with E-state index in [2.05, 4.69) is 0 Å². The van der Waals surface area contributed by atoms with E-state index in [9.17, 15) is 54.0 Å². The minimum Gasteiger partial charge on any atom is -0.481 e. The van der Waals surface area contributed by atoms with Gasteiger partial charge in [-0.1, -0.05) is 51.0 Å². The molecule has 0 saturated heterocycles. The van der Waals surface area contributed by atoms with Crippen LogP contribution in [0.3, 0.4) is 0 Å². The van der Waals surface area contributed by atoms with Gasteiger partial charge in [-0.25, -0.2) is 4.39 Å². The minimum atomic E-state index is -2.51. The molecule has 418 valence electrons. The van der Waals surface area contributed by atoms with E-state index in [1.807, 2.05) is 13.0 Å². The number of esters is 3. The van der Waals surface area contributed by atoms with Gasteiger partial charge in [-0.2, -0.15) is 0 Å². The van der Waals surface area contributed by atoms with Crippen molar-refractivity contribution in [3.8, 4) is 0 Å². The number of Topliss-reactive ketones (excluding diaryl/α,β-unsaturated/α-hetero) is 1. The number of alkyl halides is 1. The zero-order valence-corrected chi connectivity index (χ0v) is 44.2. The summed E-state index contributed by atoms with van der Waals surface area (Å²) in [4.78, 5) is 104. The first kappa shape index (κ1) is 57.4. The summed E-state index contributed by atoms with van der Waals surface area (Å²) in [6, 6.07) is 0. The van der Waals surface area contributed by atoms with Gasteiger partial charge in [0.2, 0.25) is 5.78 Å². The summed E-state index contributed by atoms with van der Waals surface area (Å²) < 4.78 is 45.6. The van der Waals surface area contributed by atoms with E-state index in [4.69, 9.17) is 28.8 Å². The first-order valence-corrected chi connectivity index (χ1v) is 26.9. The quantitative estimate of drug-likeness (QED) is 0.0461. The van der Waals surface area contributed by atoms with Gasteiger partial charge >= 0.3 is 23.9 Å². The van der Waals surface area contributed by atoms with Crippen molar-refractivity contribution in [1.82, 2.24) is 0 Å². The summed E-state index contributed by atoms with van der Waals surface area (Å²) >= 11 is 0. The molecule has 5 N–H and O–H groups in total. The molecular formula is C57H75FO18. The average Bonchev–Trinajstić information content (AvgIpc) is 3.99. The molecule has 8 aliphatic rings. The number of carboxylic acids is 1. The molecule has 19 heteroatoms. The van der Waals surface area contributed by atoms with Crippen LogP contribution in [0.4, 0.5) is 4.39 Å². The Kier molecular flexibility index (Phi) is 15.9. The smallest absolute Gasteiger partial charge is 0.316 e. The summed E-state index contributed by atoms with van der Waals surface area (Å²) in [6.07, 6.45) is 6.18. The van der Waals surface area contributed by atoms with Crippen molar-refractivity contribution in [3.05, 3.63) is 47.6 Å². The third-order valence-electron chi connectivity index (χ3n) is 20.6. The first-order valence-electron chi connectivity index (χ1n) is 26.9. The van der Waals surface area contributed by atoms with Crippen molar-refractivity contribution >= 4 is 47.5 Å². The fourth-order valence-corrected chi connectivity index (χ4v) is 16.9. The molecule has 0 aromatic rings. The van der Waals surface area contributed by atoms with Crippen LogP contribution in [0.2, 0.25) is 0 Å². The number of ketones is 3. The molecule has 0 aliphatic heterocycles. The number of hydrogen-bond acceptors (Lipinski definition) is 17. The van der Waals surface area contributed by atoms with Crippen LogP contribution in [0.1, 0.15) is 118 Å². The van der Waals surface area contributed by atoms with Crippen LogP contribution >= 0.6 is 0 Å². The fraction of sp³-hybridized carbons (Fsp3) is 0.719. The number of aliphatic hydroxyl groups excluding tert-OH is 2. The number of rotatable bonds is 21. The average molecular weight is 1070 g/mol. The van der Waals surface area contributed by atoms with Gasteiger partial charge in [0.15, 0.2) is 23.8 Å². The number of ether oxygens (including phenoxy) is 5. The van der Waals surface area contributed by atoms with Crippen molar-refractivity contribution in [1.29, 1.82) is 0 Å². The molecule has 0 spiro atoms. The number of carbonyl (C=O) groups is 8. The van der Waals surface area contributed by atoms with E-state index in [1.54, 1.807) is 33.8 Å². The number of aliphatic carboxylic acids is 1. The molecule has 8 aliphatic carbocycles. The SMILES string of the molecule is C[C@H]1CC2C3CCC4=CC(=O)C=C[C@]4(C)[C@@]3(F)[C@@H](O)C[C@]2(C)[C@@]1(O)C(CC=O)(CC(=O)OCCOCCOCCOC(=O)CCC(=O)O)C(=O)OCC(=O)[C@@]1(O)CCC2C3CCC4=CC(=O)C=C[C@]4(C)C3[C@@H](O)C[C@@]21C. The van der Waals surface area contributed by atoms with E-state index in [-0.39, 0.29) is 107 Å². The Bertz CT molecular complexity index is 2500. The van der Waals surface area contributed by atoms with E-state index in [0.29, 0.717) is 37.5 Å². The van der Waals surface area contributed by atoms with E-state index in [1.165, 1.54) is 24.3 Å². The molecular weight excluding hydrogens is 992 g/mol. The number of aliphatic hydroxyl groups is 4. The maximum atomic E-state index is 18.3. The molecule has 8 rings (SSSR count). The molecule has 0 aromatic carbocycles. The molecule has 0 heterocycles. The molecule has 0 bridgehead atoms. The second kappa shape index (κ2) is 21.1. The van der Waals surface area contributed by atoms with Gasteiger partial charge in [0.1, 0.15) is 30.5 Å². The van der Waals surface area contributed by atoms with Crippen molar-refractivity contribution in [2.45, 2.75) is 147 Å². The lowest BCUT2D eigenvalue weighted by Crippen LogP contribution is -2.71. The molecule has 76 heavy (non-hydrogen) atoms. The normalized spacial score (nSPS) is 40.6. The Labute approximate surface area is 441 Å². The summed E-state index contributed by atoms with van der Waals surface area (Å²) in [5.74, 6) is -8.76. The van der Waals surface area contributed by atoms with Crippen molar-refractivity contribution in [2.75, 3.05) is 46.2 Å². The minimum absolute atomic E-state index is 0.00251. The number of carboxylic acid groups (broad SMARTS) is 1. The predicted octanol–water partition coefficient (Wildman–Crippen LogP) is 4.41. The zero-order chi connectivity index (χ0) is 55.4. The lowest BCUT2D eigenvalue weighted by molar-refractivity contribution is -0.253. The highest BCUT2D eigenvalue weighted by atomic mass is 19.1. The largest absolute Gasteiger partial charge is 0.481 e. The van der Waals surface area contributed by atoms with Crippen LogP contribution < -0.4 is 0 Å². The summed E-state index contributed by atoms with van der Waals surface area (Å²) in [6.45, 7) is 7.07. The zero-order valence-electron chi connectivity index (χ0n) is 44.2. The van der Waals surface area contributed by atoms with Gasteiger partial charge in [-0.15, -0.1) is 0 Å². The highest BCUT2D eigenvalue weighted by Crippen LogP contribution is 2.74. The number of halogens is 1. The fourth-order valence-electron chi connectivity index (χ4n) is 16.9. The summed E-state index contributed by atoms with van der Waals surface area (Å²) in [7, 11) is 0. The van der Waals surface area contributed by atoms with Crippen LogP contribution in [-0.2, 0) is 62.0 Å². The van der Waals surface area contributed by atoms with Crippen LogP contribution in [0.5, 0.6) is 0 Å². The molecule has 16 atom stereocenters. The Hall–Kier alpha value is -4.79. The maximum Gasteiger partial charge on any atom is 0.316 e. The van der Waals surface area contributed by atoms with Crippen LogP contribution in [0, 0.1) is 62.6 Å². The van der Waals surface area contributed by atoms with Gasteiger partial charge in [-0.05, 0) is 113 Å². The molecule has 6 saturated carbocycles. The molecule has 0 aromatic heterocycles. The van der Waals surface area contributed by atoms with Crippen LogP contribution in [-0.4, -0.2) is 148 Å². The Balaban J connectivity index is 1.02. The molecule has 6 fully saturated rings. The monoisotopic (exact) mass is 1070 g/mol. The molecule has 18 nitrogen and oxygen atoms in total. The Morgan fingerprint density at radius 1 is 0.763 bits per heavy atom. The summed E-state index contributed by atoms with van der Waals surface area (Å²) in [5, 5.41) is 59.3. The van der Waals surface area contributed by atoms with Gasteiger partial charge in [0.25, 0.3) is 0 Å². The highest BCUT2D eigenvalue weighted by Gasteiger charge is 2.79. The van der Waals surface area contributed by atoms with Crippen molar-refractivity contribution in [3.63, 3.8) is 0 Å². The third kappa shape index (κ3) is 8.99. The van der Waals surface area contributed by atoms with Crippen LogP contribution in [0.25, 0.3) is 0 Å². The number of fused-ring (bicyclic) bond motifs is 10. The molecule has 0 radical (unpaired) electrons. The molecule has 0 amide bonds. The van der Waals surface area contributed by atoms with Gasteiger partial charge in [0, 0.05) is 39.9 Å². The predicted molar refractivity (Wildman–Crippen MR) is 265 cm³/mol. The number of carbonyl (C=O) groups excluding carboxylic acids is 7. The van der Waals surface area contributed by atoms with E-state index in [0.717, 1.165) is 5.57 Å². The first-order chi connectivity index (χ1) is 35.7. The lowest BCUT2D eigenvalue weighted by atomic mass is 9.42. The topological polar surface area (TPSA) is 284 Å². The van der Waals surface area contributed by atoms with Gasteiger partial charge < -0.3 is 54.0 Å². The second-order valence-electron chi connectivity index (χ2n) is 24.0. The molecule has 6 unspecified atom stereocenters. The van der Waals surface area contributed by atoms with E-state index < -0.39 is 129 Å². The standard InChI is InChI=1S/C57H75FO18/c1-33-26-41-40-9-7-35-28-37(61)13-16-51(35,3)56(40,58)43(63)30-53(41,5)57(33,71)54(18-19-59,31-47(68)75-25-23-73-21-20-72-22-24-74-46(67)11-10-45(65)66)49(69)76-32-44(64)55(70)17-14-39-38-8-6-34-27-36(60)12-15-50(34,2)48(38)42(62)29-52(39,55)4/h12-13,15-16,19,27-28,33,38-43,48,62-63,70-71H,6-11,14,17-18,20-26,29-32H2,1-5H3,(H,65,66)/t33-,38?,39?,40?,41?,42-,43-,48?,50-,51-,52-,53-,54?,55-,56-,57+/m0/s1. The van der Waals surface area contributed by atoms with Crippen molar-refractivity contribution in [2.24, 2.45) is 62.6 Å². The number of aldehydes is 1. The Morgan fingerprint density at radius 3 is 2.04 bits per heavy atom. The third-order valence-corrected chi connectivity index (χ3v) is 20.6. The summed E-state index contributed by atoms with van der Waals surface area (Å²) in [5.41, 5.74) is -12.6. The number of allylic oxidation sites excluding steroid dienone is 8. The maximum absolute atomic E-state index is 18.3. The van der Waals surface area contributed by atoms with Crippen molar-refractivity contribution < 1.29 is 92.0 Å². The van der Waals surface area contributed by atoms with Crippen LogP contribution in [0.15, 0.2) is 47.6 Å². The van der Waals surface area contributed by atoms with Gasteiger partial charge in [0.05, 0.1) is 63.5 Å². The Morgan fingerprint density at radius 2 is 1.38 bits per heavy atom. The lowest BCUT2D eigenvalue weighted by Gasteiger charge is -2.64. The number of hydrogen-bond donors (Lipinski definition) is 5.